The zero-order valence-electron chi connectivity index (χ0n) is 7.93. The van der Waals surface area contributed by atoms with Crippen LogP contribution in [-0.4, -0.2) is 20.8 Å². The van der Waals surface area contributed by atoms with Crippen molar-refractivity contribution in [2.75, 3.05) is 0 Å². The SMILES string of the molecule is NC(CC1(Cn2cccn2)CC1)=NO. The van der Waals surface area contributed by atoms with E-state index in [1.165, 1.54) is 0 Å². The number of rotatable bonds is 4. The molecule has 0 spiro atoms. The van der Waals surface area contributed by atoms with Crippen molar-refractivity contribution in [2.24, 2.45) is 16.3 Å². The van der Waals surface area contributed by atoms with E-state index >= 15 is 0 Å². The third-order valence-electron chi connectivity index (χ3n) is 2.70. The maximum Gasteiger partial charge on any atom is 0.139 e. The number of hydrogen-bond donors (Lipinski definition) is 2. The minimum Gasteiger partial charge on any atom is -0.409 e. The summed E-state index contributed by atoms with van der Waals surface area (Å²) < 4.78 is 1.90. The van der Waals surface area contributed by atoms with E-state index < -0.39 is 0 Å². The summed E-state index contributed by atoms with van der Waals surface area (Å²) in [7, 11) is 0. The van der Waals surface area contributed by atoms with Crippen LogP contribution < -0.4 is 5.73 Å². The monoisotopic (exact) mass is 194 g/mol. The molecule has 5 nitrogen and oxygen atoms in total. The first-order valence-corrected chi connectivity index (χ1v) is 4.68. The molecule has 0 atom stereocenters. The molecule has 1 heterocycles. The van der Waals surface area contributed by atoms with Gasteiger partial charge in [-0.2, -0.15) is 5.10 Å². The van der Waals surface area contributed by atoms with Crippen LogP contribution in [0, 0.1) is 5.41 Å². The largest absolute Gasteiger partial charge is 0.409 e. The van der Waals surface area contributed by atoms with Gasteiger partial charge in [-0.1, -0.05) is 5.16 Å². The number of nitrogens with two attached hydrogens (primary N) is 1. The molecule has 2 rings (SSSR count). The Morgan fingerprint density at radius 2 is 2.43 bits per heavy atom. The van der Waals surface area contributed by atoms with Crippen molar-refractivity contribution in [3.05, 3.63) is 18.5 Å². The number of hydrogen-bond acceptors (Lipinski definition) is 3. The Morgan fingerprint density at radius 3 is 2.93 bits per heavy atom. The molecule has 1 fully saturated rings. The van der Waals surface area contributed by atoms with Gasteiger partial charge in [-0.15, -0.1) is 0 Å². The highest BCUT2D eigenvalue weighted by molar-refractivity contribution is 5.80. The van der Waals surface area contributed by atoms with E-state index in [0.29, 0.717) is 12.3 Å². The Bertz CT molecular complexity index is 327. The topological polar surface area (TPSA) is 76.4 Å². The minimum absolute atomic E-state index is 0.183. The molecule has 0 bridgehead atoms. The second-order valence-corrected chi connectivity index (χ2v) is 3.97. The Morgan fingerprint density at radius 1 is 1.64 bits per heavy atom. The second-order valence-electron chi connectivity index (χ2n) is 3.97. The maximum atomic E-state index is 8.49. The van der Waals surface area contributed by atoms with Gasteiger partial charge in [0.25, 0.3) is 0 Å². The molecule has 76 valence electrons. The van der Waals surface area contributed by atoms with Crippen LogP contribution in [0.15, 0.2) is 23.6 Å². The molecule has 1 aromatic rings. The van der Waals surface area contributed by atoms with Crippen LogP contribution in [0.5, 0.6) is 0 Å². The minimum atomic E-state index is 0.183. The summed E-state index contributed by atoms with van der Waals surface area (Å²) in [6.07, 6.45) is 6.61. The van der Waals surface area contributed by atoms with Gasteiger partial charge in [0.2, 0.25) is 0 Å². The summed E-state index contributed by atoms with van der Waals surface area (Å²) in [5, 5.41) is 15.6. The van der Waals surface area contributed by atoms with Crippen molar-refractivity contribution in [1.82, 2.24) is 9.78 Å². The van der Waals surface area contributed by atoms with Crippen molar-refractivity contribution in [3.63, 3.8) is 0 Å². The van der Waals surface area contributed by atoms with Gasteiger partial charge < -0.3 is 10.9 Å². The molecular formula is C9H14N4O. The van der Waals surface area contributed by atoms with Crippen LogP contribution in [0.3, 0.4) is 0 Å². The van der Waals surface area contributed by atoms with Gasteiger partial charge in [-0.3, -0.25) is 4.68 Å². The highest BCUT2D eigenvalue weighted by Gasteiger charge is 2.43. The first-order valence-electron chi connectivity index (χ1n) is 4.68. The quantitative estimate of drug-likeness (QED) is 0.322. The van der Waals surface area contributed by atoms with E-state index in [4.69, 9.17) is 10.9 Å². The zero-order valence-corrected chi connectivity index (χ0v) is 7.93. The third-order valence-corrected chi connectivity index (χ3v) is 2.70. The van der Waals surface area contributed by atoms with Gasteiger partial charge >= 0.3 is 0 Å². The van der Waals surface area contributed by atoms with Gasteiger partial charge in [0, 0.05) is 25.4 Å². The lowest BCUT2D eigenvalue weighted by Crippen LogP contribution is -2.21. The smallest absolute Gasteiger partial charge is 0.139 e. The van der Waals surface area contributed by atoms with Crippen molar-refractivity contribution in [1.29, 1.82) is 0 Å². The lowest BCUT2D eigenvalue weighted by atomic mass is 10.0. The highest BCUT2D eigenvalue weighted by atomic mass is 16.4. The van der Waals surface area contributed by atoms with Crippen molar-refractivity contribution in [2.45, 2.75) is 25.8 Å². The van der Waals surface area contributed by atoms with E-state index in [1.54, 1.807) is 6.20 Å². The van der Waals surface area contributed by atoms with Crippen molar-refractivity contribution < 1.29 is 5.21 Å². The van der Waals surface area contributed by atoms with Crippen LogP contribution in [0.1, 0.15) is 19.3 Å². The average molecular weight is 194 g/mol. The molecule has 0 amide bonds. The summed E-state index contributed by atoms with van der Waals surface area (Å²) in [6.45, 7) is 0.857. The fourth-order valence-electron chi connectivity index (χ4n) is 1.72. The number of aromatic nitrogens is 2. The molecule has 14 heavy (non-hydrogen) atoms. The molecule has 0 unspecified atom stereocenters. The first kappa shape index (κ1) is 9.05. The number of amidine groups is 1. The van der Waals surface area contributed by atoms with E-state index in [1.807, 2.05) is 16.9 Å². The molecule has 3 N–H and O–H groups in total. The summed E-state index contributed by atoms with van der Waals surface area (Å²) in [6, 6.07) is 1.90. The van der Waals surface area contributed by atoms with Gasteiger partial charge in [0.1, 0.15) is 5.84 Å². The van der Waals surface area contributed by atoms with E-state index in [0.717, 1.165) is 19.4 Å². The van der Waals surface area contributed by atoms with Gasteiger partial charge in [-0.05, 0) is 24.3 Å². The Labute approximate surface area is 82.2 Å². The molecule has 0 saturated heterocycles. The van der Waals surface area contributed by atoms with Crippen LogP contribution in [0.4, 0.5) is 0 Å². The average Bonchev–Trinajstić information content (AvgIpc) is 2.72. The summed E-state index contributed by atoms with van der Waals surface area (Å²) in [5.74, 6) is 0.314. The highest BCUT2D eigenvalue weighted by Crippen LogP contribution is 2.49. The number of oxime groups is 1. The maximum absolute atomic E-state index is 8.49. The number of nitrogens with zero attached hydrogens (tertiary/aromatic N) is 3. The van der Waals surface area contributed by atoms with E-state index in [9.17, 15) is 0 Å². The molecular weight excluding hydrogens is 180 g/mol. The Balaban J connectivity index is 1.97. The lowest BCUT2D eigenvalue weighted by Gasteiger charge is -2.13. The summed E-state index contributed by atoms with van der Waals surface area (Å²) in [4.78, 5) is 0. The standard InChI is InChI=1S/C9H14N4O/c10-8(12-14)6-9(2-3-9)7-13-5-1-4-11-13/h1,4-5,14H,2-3,6-7H2,(H2,10,12). The molecule has 0 radical (unpaired) electrons. The van der Waals surface area contributed by atoms with E-state index in [-0.39, 0.29) is 5.41 Å². The van der Waals surface area contributed by atoms with Crippen LogP contribution in [0.25, 0.3) is 0 Å². The Kier molecular flexibility index (Phi) is 2.15. The predicted molar refractivity (Wildman–Crippen MR) is 51.9 cm³/mol. The van der Waals surface area contributed by atoms with Crippen LogP contribution in [0.2, 0.25) is 0 Å². The summed E-state index contributed by atoms with van der Waals surface area (Å²) in [5.41, 5.74) is 5.68. The van der Waals surface area contributed by atoms with Crippen LogP contribution in [-0.2, 0) is 6.54 Å². The Hall–Kier alpha value is -1.52. The zero-order chi connectivity index (χ0) is 10.0. The van der Waals surface area contributed by atoms with Crippen LogP contribution >= 0.6 is 0 Å². The molecule has 0 aromatic carbocycles. The van der Waals surface area contributed by atoms with Crippen molar-refractivity contribution >= 4 is 5.84 Å². The molecule has 5 heteroatoms. The third kappa shape index (κ3) is 1.86. The fourth-order valence-corrected chi connectivity index (χ4v) is 1.72. The second kappa shape index (κ2) is 3.32. The molecule has 1 aliphatic rings. The van der Waals surface area contributed by atoms with Gasteiger partial charge in [-0.25, -0.2) is 0 Å². The predicted octanol–water partition coefficient (Wildman–Crippen LogP) is 0.800. The molecule has 1 saturated carbocycles. The van der Waals surface area contributed by atoms with Gasteiger partial charge in [0.05, 0.1) is 0 Å². The van der Waals surface area contributed by atoms with Crippen molar-refractivity contribution in [3.8, 4) is 0 Å². The van der Waals surface area contributed by atoms with E-state index in [2.05, 4.69) is 10.3 Å². The van der Waals surface area contributed by atoms with Gasteiger partial charge in [0.15, 0.2) is 0 Å². The molecule has 1 aliphatic carbocycles. The first-order chi connectivity index (χ1) is 6.74. The normalized spacial score (nSPS) is 19.6. The molecule has 1 aromatic heterocycles. The summed E-state index contributed by atoms with van der Waals surface area (Å²) >= 11 is 0. The molecule has 0 aliphatic heterocycles. The fraction of sp³-hybridized carbons (Fsp3) is 0.556. The lowest BCUT2D eigenvalue weighted by molar-refractivity contribution is 0.312.